The highest BCUT2D eigenvalue weighted by Gasteiger charge is 2.32. The molecule has 1 heterocycles. The number of hydrogen-bond donors (Lipinski definition) is 1. The van der Waals surface area contributed by atoms with Crippen LogP contribution >= 0.6 is 0 Å². The smallest absolute Gasteiger partial charge is 0.308 e. The minimum atomic E-state index is -0.808. The van der Waals surface area contributed by atoms with E-state index in [4.69, 9.17) is 0 Å². The Bertz CT molecular complexity index is 705. The number of carboxylic acid groups (broad SMARTS) is 1. The lowest BCUT2D eigenvalue weighted by atomic mass is 9.86. The topological polar surface area (TPSA) is 57.6 Å². The van der Waals surface area contributed by atoms with E-state index in [1.165, 1.54) is 0 Å². The zero-order valence-electron chi connectivity index (χ0n) is 15.0. The summed E-state index contributed by atoms with van der Waals surface area (Å²) in [5.74, 6) is -1.06. The zero-order valence-corrected chi connectivity index (χ0v) is 15.0. The Balaban J connectivity index is 1.80. The van der Waals surface area contributed by atoms with Gasteiger partial charge < -0.3 is 10.0 Å². The van der Waals surface area contributed by atoms with Crippen LogP contribution in [0.5, 0.6) is 0 Å². The Labute approximate surface area is 154 Å². The Morgan fingerprint density at radius 3 is 2.04 bits per heavy atom. The predicted molar refractivity (Wildman–Crippen MR) is 101 cm³/mol. The van der Waals surface area contributed by atoms with Gasteiger partial charge in [-0.25, -0.2) is 0 Å². The largest absolute Gasteiger partial charge is 0.481 e. The van der Waals surface area contributed by atoms with Gasteiger partial charge in [-0.2, -0.15) is 0 Å². The number of likely N-dealkylation sites (tertiary alicyclic amines) is 1. The fourth-order valence-corrected chi connectivity index (χ4v) is 3.84. The molecular formula is C22H25NO3. The van der Waals surface area contributed by atoms with Crippen LogP contribution in [0, 0.1) is 11.8 Å². The summed E-state index contributed by atoms with van der Waals surface area (Å²) in [4.78, 5) is 26.1. The Hall–Kier alpha value is -2.62. The molecule has 0 aromatic heterocycles. The molecule has 1 aliphatic rings. The van der Waals surface area contributed by atoms with Gasteiger partial charge in [-0.3, -0.25) is 9.59 Å². The molecule has 0 spiro atoms. The van der Waals surface area contributed by atoms with Crippen molar-refractivity contribution in [1.82, 2.24) is 4.90 Å². The molecule has 2 atom stereocenters. The molecule has 2 aromatic carbocycles. The van der Waals surface area contributed by atoms with E-state index in [2.05, 4.69) is 0 Å². The summed E-state index contributed by atoms with van der Waals surface area (Å²) < 4.78 is 0. The summed E-state index contributed by atoms with van der Waals surface area (Å²) in [6.45, 7) is 2.97. The molecule has 2 aromatic rings. The molecule has 0 bridgehead atoms. The van der Waals surface area contributed by atoms with E-state index in [0.717, 1.165) is 11.1 Å². The highest BCUT2D eigenvalue weighted by atomic mass is 16.4. The number of carboxylic acids is 1. The maximum absolute atomic E-state index is 13.0. The second-order valence-corrected chi connectivity index (χ2v) is 7.25. The molecular weight excluding hydrogens is 326 g/mol. The van der Waals surface area contributed by atoms with Gasteiger partial charge in [0.1, 0.15) is 0 Å². The summed E-state index contributed by atoms with van der Waals surface area (Å²) in [5, 5.41) is 9.36. The van der Waals surface area contributed by atoms with Crippen molar-refractivity contribution in [3.63, 3.8) is 0 Å². The number of piperidine rings is 1. The molecule has 1 N–H and O–H groups in total. The normalized spacial score (nSPS) is 20.2. The number of hydrogen-bond acceptors (Lipinski definition) is 2. The number of carbonyl (C=O) groups is 2. The maximum Gasteiger partial charge on any atom is 0.308 e. The number of amides is 1. The van der Waals surface area contributed by atoms with E-state index in [1.54, 1.807) is 4.90 Å². The van der Waals surface area contributed by atoms with Gasteiger partial charge >= 0.3 is 5.97 Å². The van der Waals surface area contributed by atoms with Crippen LogP contribution in [-0.2, 0) is 9.59 Å². The van der Waals surface area contributed by atoms with Crippen molar-refractivity contribution in [2.24, 2.45) is 11.8 Å². The van der Waals surface area contributed by atoms with E-state index in [-0.39, 0.29) is 17.7 Å². The van der Waals surface area contributed by atoms with Crippen LogP contribution in [0.25, 0.3) is 0 Å². The van der Waals surface area contributed by atoms with Crippen LogP contribution in [0.4, 0.5) is 0 Å². The first kappa shape index (κ1) is 18.2. The van der Waals surface area contributed by atoms with E-state index in [9.17, 15) is 14.7 Å². The second kappa shape index (κ2) is 8.17. The van der Waals surface area contributed by atoms with Gasteiger partial charge in [-0.05, 0) is 23.5 Å². The van der Waals surface area contributed by atoms with Crippen LogP contribution < -0.4 is 0 Å². The first-order valence-corrected chi connectivity index (χ1v) is 9.15. The minimum absolute atomic E-state index is 0.0228. The zero-order chi connectivity index (χ0) is 18.5. The molecule has 4 nitrogen and oxygen atoms in total. The fraction of sp³-hybridized carbons (Fsp3) is 0.364. The van der Waals surface area contributed by atoms with Crippen molar-refractivity contribution in [2.45, 2.75) is 25.7 Å². The summed E-state index contributed by atoms with van der Waals surface area (Å²) in [7, 11) is 0. The van der Waals surface area contributed by atoms with Crippen LogP contribution in [0.1, 0.15) is 36.8 Å². The van der Waals surface area contributed by atoms with Crippen LogP contribution in [0.2, 0.25) is 0 Å². The highest BCUT2D eigenvalue weighted by molar-refractivity contribution is 5.79. The van der Waals surface area contributed by atoms with E-state index < -0.39 is 11.9 Å². The van der Waals surface area contributed by atoms with Crippen molar-refractivity contribution < 1.29 is 14.7 Å². The molecule has 0 aliphatic carbocycles. The first-order chi connectivity index (χ1) is 12.5. The molecule has 3 rings (SSSR count). The number of carbonyl (C=O) groups excluding carboxylic acids is 1. The number of aliphatic carboxylic acids is 1. The van der Waals surface area contributed by atoms with Crippen molar-refractivity contribution in [3.05, 3.63) is 71.8 Å². The Kier molecular flexibility index (Phi) is 5.71. The standard InChI is InChI=1S/C22H25NO3/c1-16-12-19(22(25)26)15-23(14-16)21(24)13-20(17-8-4-2-5-9-17)18-10-6-3-7-11-18/h2-11,16,19-20H,12-15H2,1H3,(H,25,26). The van der Waals surface area contributed by atoms with E-state index >= 15 is 0 Å². The molecule has 136 valence electrons. The Morgan fingerprint density at radius 2 is 1.54 bits per heavy atom. The summed E-state index contributed by atoms with van der Waals surface area (Å²) in [6, 6.07) is 20.1. The third kappa shape index (κ3) is 4.31. The van der Waals surface area contributed by atoms with Gasteiger partial charge in [0, 0.05) is 25.4 Å². The lowest BCUT2D eigenvalue weighted by molar-refractivity contribution is -0.147. The minimum Gasteiger partial charge on any atom is -0.481 e. The number of nitrogens with zero attached hydrogens (tertiary/aromatic N) is 1. The first-order valence-electron chi connectivity index (χ1n) is 9.15. The van der Waals surface area contributed by atoms with Crippen LogP contribution in [0.15, 0.2) is 60.7 Å². The van der Waals surface area contributed by atoms with Crippen molar-refractivity contribution >= 4 is 11.9 Å². The molecule has 26 heavy (non-hydrogen) atoms. The summed E-state index contributed by atoms with van der Waals surface area (Å²) in [5.41, 5.74) is 2.21. The number of benzene rings is 2. The third-order valence-corrected chi connectivity index (χ3v) is 5.14. The molecule has 4 heteroatoms. The molecule has 1 amide bonds. The summed E-state index contributed by atoms with van der Waals surface area (Å²) in [6.07, 6.45) is 0.993. The molecule has 1 aliphatic heterocycles. The molecule has 1 fully saturated rings. The van der Waals surface area contributed by atoms with Gasteiger partial charge in [0.2, 0.25) is 5.91 Å². The highest BCUT2D eigenvalue weighted by Crippen LogP contribution is 2.30. The maximum atomic E-state index is 13.0. The SMILES string of the molecule is CC1CC(C(=O)O)CN(C(=O)CC(c2ccccc2)c2ccccc2)C1. The fourth-order valence-electron chi connectivity index (χ4n) is 3.84. The molecule has 1 saturated heterocycles. The van der Waals surface area contributed by atoms with Crippen molar-refractivity contribution in [2.75, 3.05) is 13.1 Å². The average Bonchev–Trinajstić information content (AvgIpc) is 2.66. The van der Waals surface area contributed by atoms with Gasteiger partial charge in [0.05, 0.1) is 5.92 Å². The van der Waals surface area contributed by atoms with E-state index in [0.29, 0.717) is 25.9 Å². The van der Waals surface area contributed by atoms with Crippen LogP contribution in [-0.4, -0.2) is 35.0 Å². The molecule has 2 unspecified atom stereocenters. The second-order valence-electron chi connectivity index (χ2n) is 7.25. The van der Waals surface area contributed by atoms with Crippen molar-refractivity contribution in [3.8, 4) is 0 Å². The van der Waals surface area contributed by atoms with E-state index in [1.807, 2.05) is 67.6 Å². The molecule has 0 radical (unpaired) electrons. The lowest BCUT2D eigenvalue weighted by Gasteiger charge is -2.35. The predicted octanol–water partition coefficient (Wildman–Crippen LogP) is 3.78. The monoisotopic (exact) mass is 351 g/mol. The quantitative estimate of drug-likeness (QED) is 0.892. The van der Waals surface area contributed by atoms with Gasteiger partial charge in [-0.15, -0.1) is 0 Å². The molecule has 0 saturated carbocycles. The van der Waals surface area contributed by atoms with Gasteiger partial charge in [-0.1, -0.05) is 67.6 Å². The van der Waals surface area contributed by atoms with Gasteiger partial charge in [0.15, 0.2) is 0 Å². The lowest BCUT2D eigenvalue weighted by Crippen LogP contribution is -2.45. The third-order valence-electron chi connectivity index (χ3n) is 5.14. The summed E-state index contributed by atoms with van der Waals surface area (Å²) >= 11 is 0. The van der Waals surface area contributed by atoms with Gasteiger partial charge in [0.25, 0.3) is 0 Å². The average molecular weight is 351 g/mol. The van der Waals surface area contributed by atoms with Crippen LogP contribution in [0.3, 0.4) is 0 Å². The van der Waals surface area contributed by atoms with Crippen molar-refractivity contribution in [1.29, 1.82) is 0 Å². The Morgan fingerprint density at radius 1 is 1.00 bits per heavy atom. The number of rotatable bonds is 5.